The summed E-state index contributed by atoms with van der Waals surface area (Å²) < 4.78 is 38.8. The lowest BCUT2D eigenvalue weighted by Crippen LogP contribution is -2.33. The summed E-state index contributed by atoms with van der Waals surface area (Å²) in [6.07, 6.45) is -1.14. The van der Waals surface area contributed by atoms with E-state index in [-0.39, 0.29) is 30.6 Å². The highest BCUT2D eigenvalue weighted by Gasteiger charge is 2.36. The first kappa shape index (κ1) is 16.8. The Labute approximate surface area is 147 Å². The van der Waals surface area contributed by atoms with Crippen molar-refractivity contribution in [2.45, 2.75) is 25.4 Å². The molecule has 0 radical (unpaired) electrons. The molecule has 2 aromatic rings. The third-order valence-electron chi connectivity index (χ3n) is 4.73. The number of ketones is 1. The highest BCUT2D eigenvalue weighted by Crippen LogP contribution is 2.36. The molecule has 1 amide bonds. The monoisotopic (exact) mass is 360 g/mol. The molecule has 2 aliphatic rings. The van der Waals surface area contributed by atoms with Gasteiger partial charge in [-0.3, -0.25) is 14.6 Å². The molecule has 26 heavy (non-hydrogen) atoms. The Morgan fingerprint density at radius 1 is 1.19 bits per heavy atom. The van der Waals surface area contributed by atoms with E-state index < -0.39 is 11.7 Å². The molecule has 0 saturated heterocycles. The first-order valence-electron chi connectivity index (χ1n) is 8.32. The maximum absolute atomic E-state index is 12.9. The minimum atomic E-state index is -4.43. The van der Waals surface area contributed by atoms with Gasteiger partial charge < -0.3 is 4.90 Å². The number of rotatable bonds is 4. The van der Waals surface area contributed by atoms with Gasteiger partial charge in [0.1, 0.15) is 0 Å². The lowest BCUT2D eigenvalue weighted by molar-refractivity contribution is -0.137. The number of amides is 1. The highest BCUT2D eigenvalue weighted by atomic mass is 19.4. The third kappa shape index (κ3) is 3.09. The van der Waals surface area contributed by atoms with Gasteiger partial charge in [0, 0.05) is 17.7 Å². The van der Waals surface area contributed by atoms with E-state index in [1.165, 1.54) is 17.2 Å². The number of hydrogen-bond donors (Lipinski definition) is 0. The maximum atomic E-state index is 12.9. The van der Waals surface area contributed by atoms with Crippen molar-refractivity contribution >= 4 is 17.4 Å². The number of carbonyl (C=O) groups excluding carboxylic acids is 2. The van der Waals surface area contributed by atoms with Crippen LogP contribution in [0.5, 0.6) is 0 Å². The number of hydrogen-bond acceptors (Lipinski definition) is 3. The van der Waals surface area contributed by atoms with E-state index in [9.17, 15) is 22.8 Å². The quantitative estimate of drug-likeness (QED) is 0.837. The Morgan fingerprint density at radius 3 is 2.65 bits per heavy atom. The van der Waals surface area contributed by atoms with Gasteiger partial charge in [0.05, 0.1) is 29.9 Å². The summed E-state index contributed by atoms with van der Waals surface area (Å²) in [7, 11) is 0. The van der Waals surface area contributed by atoms with Crippen LogP contribution in [0.2, 0.25) is 0 Å². The third-order valence-corrected chi connectivity index (χ3v) is 4.73. The van der Waals surface area contributed by atoms with Crippen LogP contribution in [0.3, 0.4) is 0 Å². The van der Waals surface area contributed by atoms with Crippen LogP contribution < -0.4 is 4.90 Å². The fourth-order valence-corrected chi connectivity index (χ4v) is 3.12. The van der Waals surface area contributed by atoms with E-state index in [0.29, 0.717) is 22.5 Å². The topological polar surface area (TPSA) is 50.3 Å². The predicted octanol–water partition coefficient (Wildman–Crippen LogP) is 3.64. The largest absolute Gasteiger partial charge is 0.416 e. The van der Waals surface area contributed by atoms with Crippen molar-refractivity contribution in [3.8, 4) is 11.1 Å². The van der Waals surface area contributed by atoms with E-state index in [1.54, 1.807) is 12.1 Å². The molecule has 0 unspecified atom stereocenters. The Balaban J connectivity index is 1.68. The van der Waals surface area contributed by atoms with Crippen molar-refractivity contribution in [2.24, 2.45) is 5.92 Å². The Kier molecular flexibility index (Phi) is 3.82. The number of carbonyl (C=O) groups is 2. The zero-order valence-corrected chi connectivity index (χ0v) is 13.7. The second kappa shape index (κ2) is 5.93. The van der Waals surface area contributed by atoms with Gasteiger partial charge in [-0.1, -0.05) is 12.1 Å². The molecule has 1 saturated carbocycles. The zero-order chi connectivity index (χ0) is 18.5. The smallest absolute Gasteiger partial charge is 0.303 e. The number of aromatic nitrogens is 1. The summed E-state index contributed by atoms with van der Waals surface area (Å²) in [4.78, 5) is 30.0. The predicted molar refractivity (Wildman–Crippen MR) is 88.5 cm³/mol. The van der Waals surface area contributed by atoms with Crippen molar-refractivity contribution in [3.63, 3.8) is 0 Å². The number of alkyl halides is 3. The number of halogens is 3. The second-order valence-electron chi connectivity index (χ2n) is 6.67. The molecule has 1 aromatic heterocycles. The first-order valence-corrected chi connectivity index (χ1v) is 8.32. The summed E-state index contributed by atoms with van der Waals surface area (Å²) in [5.74, 6) is -0.148. The molecule has 1 aromatic carbocycles. The number of Topliss-reactive ketones (excluding diaryl/α,β-unsaturated/α-hetero) is 1. The summed E-state index contributed by atoms with van der Waals surface area (Å²) >= 11 is 0. The van der Waals surface area contributed by atoms with Gasteiger partial charge in [-0.2, -0.15) is 13.2 Å². The molecule has 134 valence electrons. The van der Waals surface area contributed by atoms with E-state index in [0.717, 1.165) is 25.0 Å². The maximum Gasteiger partial charge on any atom is 0.416 e. The highest BCUT2D eigenvalue weighted by molar-refractivity contribution is 6.05. The van der Waals surface area contributed by atoms with E-state index in [1.807, 2.05) is 0 Å². The van der Waals surface area contributed by atoms with Crippen molar-refractivity contribution in [3.05, 3.63) is 47.8 Å². The molecule has 0 spiro atoms. The summed E-state index contributed by atoms with van der Waals surface area (Å²) in [6, 6.07) is 6.61. The van der Waals surface area contributed by atoms with Crippen LogP contribution in [-0.2, 0) is 22.2 Å². The lowest BCUT2D eigenvalue weighted by atomic mass is 10.0. The van der Waals surface area contributed by atoms with Gasteiger partial charge in [0.15, 0.2) is 5.78 Å². The molecule has 0 atom stereocenters. The summed E-state index contributed by atoms with van der Waals surface area (Å²) in [5.41, 5.74) is 1.16. The number of fused-ring (bicyclic) bond motifs is 1. The van der Waals surface area contributed by atoms with E-state index in [4.69, 9.17) is 0 Å². The van der Waals surface area contributed by atoms with Gasteiger partial charge in [-0.05, 0) is 36.6 Å². The molecule has 1 fully saturated rings. The molecule has 2 heterocycles. The molecule has 1 aliphatic heterocycles. The minimum Gasteiger partial charge on any atom is -0.303 e. The lowest BCUT2D eigenvalue weighted by Gasteiger charge is -2.17. The average molecular weight is 360 g/mol. The molecular weight excluding hydrogens is 345 g/mol. The van der Waals surface area contributed by atoms with Crippen LogP contribution in [0.1, 0.15) is 24.1 Å². The Morgan fingerprint density at radius 2 is 1.96 bits per heavy atom. The van der Waals surface area contributed by atoms with Crippen LogP contribution in [0.4, 0.5) is 18.9 Å². The van der Waals surface area contributed by atoms with Gasteiger partial charge in [0.2, 0.25) is 5.91 Å². The summed E-state index contributed by atoms with van der Waals surface area (Å²) in [6.45, 7) is 0.00419. The van der Waals surface area contributed by atoms with Gasteiger partial charge in [-0.25, -0.2) is 0 Å². The zero-order valence-electron chi connectivity index (χ0n) is 13.7. The fourth-order valence-electron chi connectivity index (χ4n) is 3.12. The van der Waals surface area contributed by atoms with Crippen molar-refractivity contribution in [1.82, 2.24) is 4.98 Å². The summed E-state index contributed by atoms with van der Waals surface area (Å²) in [5, 5.41) is 0. The molecule has 4 rings (SSSR count). The standard InChI is InChI=1S/C19H15F3N2O2/c20-19(21,22)14-3-1-2-12(6-14)13-7-16-15(23-9-13)8-18(26)24(16)10-17(25)11-4-5-11/h1-3,6-7,9,11H,4-5,8,10H2. The van der Waals surface area contributed by atoms with Crippen LogP contribution >= 0.6 is 0 Å². The second-order valence-corrected chi connectivity index (χ2v) is 6.67. The SMILES string of the molecule is O=C(CN1C(=O)Cc2ncc(-c3cccc(C(F)(F)F)c3)cc21)C1CC1. The molecular formula is C19H15F3N2O2. The van der Waals surface area contributed by atoms with Crippen molar-refractivity contribution in [1.29, 1.82) is 0 Å². The Hall–Kier alpha value is -2.70. The number of benzene rings is 1. The molecule has 4 nitrogen and oxygen atoms in total. The fraction of sp³-hybridized carbons (Fsp3) is 0.316. The van der Waals surface area contributed by atoms with E-state index in [2.05, 4.69) is 4.98 Å². The average Bonchev–Trinajstić information content (AvgIpc) is 3.40. The van der Waals surface area contributed by atoms with Crippen molar-refractivity contribution < 1.29 is 22.8 Å². The molecule has 0 bridgehead atoms. The van der Waals surface area contributed by atoms with Gasteiger partial charge >= 0.3 is 6.18 Å². The van der Waals surface area contributed by atoms with Crippen LogP contribution in [0.25, 0.3) is 11.1 Å². The van der Waals surface area contributed by atoms with Crippen LogP contribution in [-0.4, -0.2) is 23.2 Å². The van der Waals surface area contributed by atoms with Gasteiger partial charge in [0.25, 0.3) is 0 Å². The van der Waals surface area contributed by atoms with Crippen LogP contribution in [0.15, 0.2) is 36.5 Å². The van der Waals surface area contributed by atoms with Crippen molar-refractivity contribution in [2.75, 3.05) is 11.4 Å². The number of pyridine rings is 1. The van der Waals surface area contributed by atoms with E-state index >= 15 is 0 Å². The van der Waals surface area contributed by atoms with Crippen LogP contribution in [0, 0.1) is 5.92 Å². The molecule has 7 heteroatoms. The molecule has 0 N–H and O–H groups in total. The molecule has 1 aliphatic carbocycles. The minimum absolute atomic E-state index is 0.00419. The normalized spacial score (nSPS) is 16.7. The number of anilines is 1. The number of nitrogens with zero attached hydrogens (tertiary/aromatic N) is 2. The Bertz CT molecular complexity index is 904. The first-order chi connectivity index (χ1) is 12.3. The van der Waals surface area contributed by atoms with Gasteiger partial charge in [-0.15, -0.1) is 0 Å².